The van der Waals surface area contributed by atoms with E-state index in [9.17, 15) is 14.7 Å². The van der Waals surface area contributed by atoms with Crippen LogP contribution in [-0.2, 0) is 20.6 Å². The standard InChI is InChI=1S/C20H24ClN5O4/c1-23-17-16(18(28)24(2)20(23)29)26(19(22-17)25-9-5-6-10-25)11-13(27)12-30-15-8-4-3-7-14(15)21/h3-4,7-8,13,27H,5-6,9-12H2,1-2H3/t13-/m1/s1. The van der Waals surface area contributed by atoms with Crippen molar-refractivity contribution in [3.8, 4) is 5.75 Å². The van der Waals surface area contributed by atoms with E-state index < -0.39 is 17.4 Å². The lowest BCUT2D eigenvalue weighted by Crippen LogP contribution is -2.38. The van der Waals surface area contributed by atoms with E-state index in [0.29, 0.717) is 27.9 Å². The highest BCUT2D eigenvalue weighted by atomic mass is 35.5. The zero-order valence-corrected chi connectivity index (χ0v) is 17.7. The van der Waals surface area contributed by atoms with Crippen LogP contribution in [0.1, 0.15) is 12.8 Å². The van der Waals surface area contributed by atoms with Crippen molar-refractivity contribution in [3.63, 3.8) is 0 Å². The largest absolute Gasteiger partial charge is 0.489 e. The summed E-state index contributed by atoms with van der Waals surface area (Å²) in [5, 5.41) is 11.1. The van der Waals surface area contributed by atoms with Gasteiger partial charge in [-0.1, -0.05) is 23.7 Å². The number of aliphatic hydroxyl groups excluding tert-OH is 1. The Morgan fingerprint density at radius 3 is 2.57 bits per heavy atom. The summed E-state index contributed by atoms with van der Waals surface area (Å²) in [5.41, 5.74) is -0.277. The summed E-state index contributed by atoms with van der Waals surface area (Å²) < 4.78 is 9.77. The van der Waals surface area contributed by atoms with Gasteiger partial charge in [-0.15, -0.1) is 0 Å². The summed E-state index contributed by atoms with van der Waals surface area (Å²) in [4.78, 5) is 31.9. The van der Waals surface area contributed by atoms with Crippen molar-refractivity contribution in [2.45, 2.75) is 25.5 Å². The fourth-order valence-corrected chi connectivity index (χ4v) is 3.97. The maximum absolute atomic E-state index is 12.9. The van der Waals surface area contributed by atoms with E-state index in [-0.39, 0.29) is 13.2 Å². The van der Waals surface area contributed by atoms with Crippen LogP contribution in [0.25, 0.3) is 11.2 Å². The molecule has 1 aliphatic rings. The number of para-hydroxylation sites is 1. The first-order chi connectivity index (χ1) is 14.4. The number of ether oxygens (including phenoxy) is 1. The van der Waals surface area contributed by atoms with Crippen LogP contribution in [0.2, 0.25) is 5.02 Å². The molecule has 2 aromatic heterocycles. The summed E-state index contributed by atoms with van der Waals surface area (Å²) in [6.07, 6.45) is 1.14. The molecule has 9 nitrogen and oxygen atoms in total. The highest BCUT2D eigenvalue weighted by Crippen LogP contribution is 2.25. The molecule has 3 aromatic rings. The summed E-state index contributed by atoms with van der Waals surface area (Å²) in [6.45, 7) is 1.71. The van der Waals surface area contributed by atoms with Crippen molar-refractivity contribution in [1.82, 2.24) is 18.7 Å². The van der Waals surface area contributed by atoms with Crippen molar-refractivity contribution >= 4 is 28.7 Å². The maximum atomic E-state index is 12.9. The van der Waals surface area contributed by atoms with E-state index in [4.69, 9.17) is 16.3 Å². The van der Waals surface area contributed by atoms with Crippen molar-refractivity contribution < 1.29 is 9.84 Å². The summed E-state index contributed by atoms with van der Waals surface area (Å²) in [5.74, 6) is 1.06. The van der Waals surface area contributed by atoms with Crippen molar-refractivity contribution in [2.75, 3.05) is 24.6 Å². The molecular formula is C20H24ClN5O4. The van der Waals surface area contributed by atoms with Crippen molar-refractivity contribution in [1.29, 1.82) is 0 Å². The third-order valence-electron chi connectivity index (χ3n) is 5.38. The van der Waals surface area contributed by atoms with Gasteiger partial charge in [0.15, 0.2) is 11.2 Å². The molecule has 1 N–H and O–H groups in total. The van der Waals surface area contributed by atoms with Gasteiger partial charge in [0.25, 0.3) is 5.56 Å². The van der Waals surface area contributed by atoms with Gasteiger partial charge in [0.2, 0.25) is 5.95 Å². The van der Waals surface area contributed by atoms with Crippen LogP contribution < -0.4 is 20.9 Å². The van der Waals surface area contributed by atoms with Crippen LogP contribution in [0.5, 0.6) is 5.75 Å². The second kappa shape index (κ2) is 8.16. The van der Waals surface area contributed by atoms with Crippen LogP contribution in [-0.4, -0.2) is 49.6 Å². The van der Waals surface area contributed by atoms with Gasteiger partial charge in [-0.3, -0.25) is 13.9 Å². The number of imidazole rings is 1. The van der Waals surface area contributed by atoms with E-state index in [1.165, 1.54) is 11.6 Å². The monoisotopic (exact) mass is 433 g/mol. The molecule has 3 heterocycles. The molecule has 0 amide bonds. The fourth-order valence-electron chi connectivity index (χ4n) is 3.78. The number of aryl methyl sites for hydroxylation is 1. The minimum Gasteiger partial charge on any atom is -0.489 e. The first-order valence-corrected chi connectivity index (χ1v) is 10.2. The van der Waals surface area contributed by atoms with Crippen LogP contribution >= 0.6 is 11.6 Å². The van der Waals surface area contributed by atoms with Crippen molar-refractivity contribution in [3.05, 3.63) is 50.1 Å². The zero-order valence-electron chi connectivity index (χ0n) is 16.9. The number of benzene rings is 1. The molecule has 10 heteroatoms. The highest BCUT2D eigenvalue weighted by molar-refractivity contribution is 6.32. The molecule has 1 aromatic carbocycles. The lowest BCUT2D eigenvalue weighted by Gasteiger charge is -2.20. The quantitative estimate of drug-likeness (QED) is 0.626. The Kier molecular flexibility index (Phi) is 5.57. The number of nitrogens with zero attached hydrogens (tertiary/aromatic N) is 5. The third-order valence-corrected chi connectivity index (χ3v) is 5.69. The molecule has 30 heavy (non-hydrogen) atoms. The van der Waals surface area contributed by atoms with E-state index >= 15 is 0 Å². The predicted molar refractivity (Wildman–Crippen MR) is 115 cm³/mol. The van der Waals surface area contributed by atoms with Crippen LogP contribution in [0.4, 0.5) is 5.95 Å². The molecule has 0 spiro atoms. The third kappa shape index (κ3) is 3.59. The van der Waals surface area contributed by atoms with Gasteiger partial charge in [-0.25, -0.2) is 4.79 Å². The van der Waals surface area contributed by atoms with Gasteiger partial charge in [0.1, 0.15) is 18.5 Å². The van der Waals surface area contributed by atoms with Gasteiger partial charge in [-0.05, 0) is 25.0 Å². The fraction of sp³-hybridized carbons (Fsp3) is 0.450. The number of hydrogen-bond donors (Lipinski definition) is 1. The Bertz CT molecular complexity index is 1190. The Labute approximate surface area is 177 Å². The molecule has 0 radical (unpaired) electrons. The molecular weight excluding hydrogens is 410 g/mol. The lowest BCUT2D eigenvalue weighted by molar-refractivity contribution is 0.0937. The first-order valence-electron chi connectivity index (χ1n) is 9.85. The SMILES string of the molecule is Cn1c(=O)c2c(nc(N3CCCC3)n2C[C@@H](O)COc2ccccc2Cl)n(C)c1=O. The van der Waals surface area contributed by atoms with E-state index in [0.717, 1.165) is 30.5 Å². The van der Waals surface area contributed by atoms with Crippen molar-refractivity contribution in [2.24, 2.45) is 14.1 Å². The Morgan fingerprint density at radius 2 is 1.87 bits per heavy atom. The van der Waals surface area contributed by atoms with Gasteiger partial charge in [0.05, 0.1) is 11.6 Å². The lowest BCUT2D eigenvalue weighted by atomic mass is 10.3. The minimum absolute atomic E-state index is 0.00503. The zero-order chi connectivity index (χ0) is 21.4. The summed E-state index contributed by atoms with van der Waals surface area (Å²) in [7, 11) is 3.03. The first kappa shape index (κ1) is 20.5. The molecule has 160 valence electrons. The van der Waals surface area contributed by atoms with Crippen LogP contribution in [0, 0.1) is 0 Å². The van der Waals surface area contributed by atoms with Gasteiger partial charge >= 0.3 is 5.69 Å². The van der Waals surface area contributed by atoms with E-state index in [2.05, 4.69) is 9.88 Å². The second-order valence-electron chi connectivity index (χ2n) is 7.49. The van der Waals surface area contributed by atoms with Gasteiger partial charge in [0, 0.05) is 27.2 Å². The summed E-state index contributed by atoms with van der Waals surface area (Å²) >= 11 is 6.11. The van der Waals surface area contributed by atoms with Gasteiger partial charge in [-0.2, -0.15) is 4.98 Å². The molecule has 1 fully saturated rings. The normalized spacial score (nSPS) is 15.1. The number of hydrogen-bond acceptors (Lipinski definition) is 6. The number of aliphatic hydroxyl groups is 1. The topological polar surface area (TPSA) is 94.5 Å². The van der Waals surface area contributed by atoms with Crippen LogP contribution in [0.15, 0.2) is 33.9 Å². The Balaban J connectivity index is 1.71. The summed E-state index contributed by atoms with van der Waals surface area (Å²) in [6, 6.07) is 7.03. The molecule has 0 bridgehead atoms. The molecule has 0 unspecified atom stereocenters. The number of fused-ring (bicyclic) bond motifs is 1. The second-order valence-corrected chi connectivity index (χ2v) is 7.90. The van der Waals surface area contributed by atoms with E-state index in [1.807, 2.05) is 0 Å². The number of rotatable bonds is 6. The number of aromatic nitrogens is 4. The Morgan fingerprint density at radius 1 is 1.17 bits per heavy atom. The van der Waals surface area contributed by atoms with E-state index in [1.54, 1.807) is 35.9 Å². The molecule has 0 saturated carbocycles. The maximum Gasteiger partial charge on any atom is 0.332 e. The minimum atomic E-state index is -0.915. The van der Waals surface area contributed by atoms with Crippen LogP contribution in [0.3, 0.4) is 0 Å². The average molecular weight is 434 g/mol. The molecule has 1 atom stereocenters. The molecule has 1 saturated heterocycles. The molecule has 1 aliphatic heterocycles. The number of anilines is 1. The van der Waals surface area contributed by atoms with Gasteiger partial charge < -0.3 is 19.3 Å². The number of halogens is 1. The molecule has 4 rings (SSSR count). The molecule has 0 aliphatic carbocycles. The average Bonchev–Trinajstić information content (AvgIpc) is 3.38. The smallest absolute Gasteiger partial charge is 0.332 e. The Hall–Kier alpha value is -2.78. The predicted octanol–water partition coefficient (Wildman–Crippen LogP) is 1.13. The highest BCUT2D eigenvalue weighted by Gasteiger charge is 2.25.